The Kier molecular flexibility index (Phi) is 9.71. The van der Waals surface area contributed by atoms with E-state index in [1.54, 1.807) is 13.0 Å². The first-order chi connectivity index (χ1) is 11.5. The number of guanidine groups is 1. The van der Waals surface area contributed by atoms with Gasteiger partial charge in [-0.1, -0.05) is 12.1 Å². The molecule has 1 fully saturated rings. The Hall–Kier alpha value is -0.890. The first kappa shape index (κ1) is 22.2. The zero-order valence-corrected chi connectivity index (χ0v) is 18.1. The molecular weight excluding hydrogens is 430 g/mol. The molecule has 0 saturated carbocycles. The first-order valence-electron chi connectivity index (χ1n) is 8.99. The molecular formula is C19H32FIN4. The van der Waals surface area contributed by atoms with E-state index in [9.17, 15) is 4.39 Å². The summed E-state index contributed by atoms with van der Waals surface area (Å²) in [5.41, 5.74) is 1.61. The maximum Gasteiger partial charge on any atom is 0.191 e. The molecule has 0 radical (unpaired) electrons. The van der Waals surface area contributed by atoms with Gasteiger partial charge in [0.15, 0.2) is 5.96 Å². The minimum Gasteiger partial charge on any atom is -0.357 e. The number of nitrogens with zero attached hydrogens (tertiary/aromatic N) is 2. The number of likely N-dealkylation sites (tertiary alicyclic amines) is 1. The standard InChI is InChI=1S/C19H31FN4.HI/c1-5-21-19(22-12-16-7-6-10-24(4)13-16)23-15(3)17-9-8-14(2)18(20)11-17;/h8-9,11,15-16H,5-7,10,12-13H2,1-4H3,(H2,21,22,23);1H. The van der Waals surface area contributed by atoms with E-state index in [-0.39, 0.29) is 35.8 Å². The minimum atomic E-state index is -0.159. The third-order valence-electron chi connectivity index (χ3n) is 4.62. The van der Waals surface area contributed by atoms with Gasteiger partial charge in [-0.2, -0.15) is 0 Å². The van der Waals surface area contributed by atoms with Gasteiger partial charge in [-0.05, 0) is 70.3 Å². The van der Waals surface area contributed by atoms with Gasteiger partial charge in [-0.15, -0.1) is 24.0 Å². The Morgan fingerprint density at radius 2 is 2.20 bits per heavy atom. The highest BCUT2D eigenvalue weighted by Crippen LogP contribution is 2.17. The summed E-state index contributed by atoms with van der Waals surface area (Å²) in [6.07, 6.45) is 2.49. The van der Waals surface area contributed by atoms with E-state index in [4.69, 9.17) is 4.99 Å². The summed E-state index contributed by atoms with van der Waals surface area (Å²) in [5, 5.41) is 6.68. The molecule has 2 rings (SSSR count). The average Bonchev–Trinajstić information content (AvgIpc) is 2.55. The van der Waals surface area contributed by atoms with Crippen LogP contribution in [0.1, 0.15) is 43.9 Å². The third-order valence-corrected chi connectivity index (χ3v) is 4.62. The van der Waals surface area contributed by atoms with E-state index < -0.39 is 0 Å². The van der Waals surface area contributed by atoms with Crippen LogP contribution in [0.25, 0.3) is 0 Å². The molecule has 1 heterocycles. The Bertz CT molecular complexity index is 564. The fourth-order valence-corrected chi connectivity index (χ4v) is 3.13. The van der Waals surface area contributed by atoms with E-state index in [2.05, 4.69) is 29.5 Å². The number of hydrogen-bond donors (Lipinski definition) is 2. The van der Waals surface area contributed by atoms with E-state index in [1.165, 1.54) is 19.4 Å². The first-order valence-corrected chi connectivity index (χ1v) is 8.99. The van der Waals surface area contributed by atoms with E-state index >= 15 is 0 Å². The lowest BCUT2D eigenvalue weighted by Gasteiger charge is -2.29. The van der Waals surface area contributed by atoms with Gasteiger partial charge in [0.25, 0.3) is 0 Å². The van der Waals surface area contributed by atoms with Crippen molar-refractivity contribution in [2.45, 2.75) is 39.7 Å². The molecule has 6 heteroatoms. The van der Waals surface area contributed by atoms with Crippen molar-refractivity contribution in [1.29, 1.82) is 0 Å². The highest BCUT2D eigenvalue weighted by atomic mass is 127. The minimum absolute atomic E-state index is 0. The highest BCUT2D eigenvalue weighted by molar-refractivity contribution is 14.0. The number of benzene rings is 1. The monoisotopic (exact) mass is 462 g/mol. The van der Waals surface area contributed by atoms with Gasteiger partial charge in [-0.25, -0.2) is 4.39 Å². The molecule has 25 heavy (non-hydrogen) atoms. The number of aryl methyl sites for hydroxylation is 1. The lowest BCUT2D eigenvalue weighted by atomic mass is 9.99. The molecule has 0 amide bonds. The molecule has 0 spiro atoms. The quantitative estimate of drug-likeness (QED) is 0.398. The Balaban J connectivity index is 0.00000312. The summed E-state index contributed by atoms with van der Waals surface area (Å²) < 4.78 is 13.8. The van der Waals surface area contributed by atoms with Crippen molar-refractivity contribution in [1.82, 2.24) is 15.5 Å². The molecule has 142 valence electrons. The Labute approximate surface area is 168 Å². The molecule has 1 aromatic rings. The van der Waals surface area contributed by atoms with Crippen LogP contribution in [-0.2, 0) is 0 Å². The summed E-state index contributed by atoms with van der Waals surface area (Å²) in [5.74, 6) is 1.26. The number of aliphatic imine (C=N–C) groups is 1. The fourth-order valence-electron chi connectivity index (χ4n) is 3.13. The van der Waals surface area contributed by atoms with Crippen LogP contribution in [0.15, 0.2) is 23.2 Å². The van der Waals surface area contributed by atoms with Crippen LogP contribution < -0.4 is 10.6 Å². The molecule has 1 aliphatic rings. The third kappa shape index (κ3) is 7.09. The van der Waals surface area contributed by atoms with Crippen molar-refractivity contribution >= 4 is 29.9 Å². The SMILES string of the molecule is CCNC(=NCC1CCCN(C)C1)NC(C)c1ccc(C)c(F)c1.I. The van der Waals surface area contributed by atoms with Crippen LogP contribution >= 0.6 is 24.0 Å². The summed E-state index contributed by atoms with van der Waals surface area (Å²) in [4.78, 5) is 7.13. The Morgan fingerprint density at radius 1 is 1.44 bits per heavy atom. The smallest absolute Gasteiger partial charge is 0.191 e. The van der Waals surface area contributed by atoms with Crippen molar-refractivity contribution in [3.05, 3.63) is 35.1 Å². The van der Waals surface area contributed by atoms with Crippen LogP contribution in [0.5, 0.6) is 0 Å². The largest absolute Gasteiger partial charge is 0.357 e. The predicted octanol–water partition coefficient (Wildman–Crippen LogP) is 3.71. The summed E-state index contributed by atoms with van der Waals surface area (Å²) in [6, 6.07) is 5.40. The van der Waals surface area contributed by atoms with Crippen molar-refractivity contribution in [2.24, 2.45) is 10.9 Å². The lowest BCUT2D eigenvalue weighted by molar-refractivity contribution is 0.214. The second kappa shape index (κ2) is 11.0. The summed E-state index contributed by atoms with van der Waals surface area (Å²) in [6.45, 7) is 9.81. The van der Waals surface area contributed by atoms with Crippen molar-refractivity contribution in [2.75, 3.05) is 33.2 Å². The maximum atomic E-state index is 13.8. The zero-order chi connectivity index (χ0) is 17.5. The normalized spacial score (nSPS) is 19.9. The molecule has 0 bridgehead atoms. The molecule has 1 saturated heterocycles. The number of halogens is 2. The van der Waals surface area contributed by atoms with Gasteiger partial charge in [0, 0.05) is 19.6 Å². The van der Waals surface area contributed by atoms with Gasteiger partial charge < -0.3 is 15.5 Å². The fraction of sp³-hybridized carbons (Fsp3) is 0.632. The molecule has 0 aromatic heterocycles. The topological polar surface area (TPSA) is 39.7 Å². The van der Waals surface area contributed by atoms with Crippen LogP contribution in [0.2, 0.25) is 0 Å². The Morgan fingerprint density at radius 3 is 2.84 bits per heavy atom. The number of hydrogen-bond acceptors (Lipinski definition) is 2. The van der Waals surface area contributed by atoms with Gasteiger partial charge in [-0.3, -0.25) is 4.99 Å². The highest BCUT2D eigenvalue weighted by Gasteiger charge is 2.17. The second-order valence-corrected chi connectivity index (χ2v) is 6.86. The van der Waals surface area contributed by atoms with Crippen LogP contribution in [0, 0.1) is 18.7 Å². The van der Waals surface area contributed by atoms with E-state index in [0.717, 1.165) is 31.2 Å². The van der Waals surface area contributed by atoms with Gasteiger partial charge in [0.05, 0.1) is 6.04 Å². The lowest BCUT2D eigenvalue weighted by Crippen LogP contribution is -2.40. The average molecular weight is 462 g/mol. The molecule has 4 nitrogen and oxygen atoms in total. The van der Waals surface area contributed by atoms with Crippen molar-refractivity contribution in [3.8, 4) is 0 Å². The van der Waals surface area contributed by atoms with Gasteiger partial charge in [0.1, 0.15) is 5.82 Å². The van der Waals surface area contributed by atoms with E-state index in [1.807, 2.05) is 19.1 Å². The molecule has 2 N–H and O–H groups in total. The number of nitrogens with one attached hydrogen (secondary N) is 2. The van der Waals surface area contributed by atoms with Gasteiger partial charge >= 0.3 is 0 Å². The molecule has 2 atom stereocenters. The molecule has 1 aromatic carbocycles. The van der Waals surface area contributed by atoms with Crippen LogP contribution in [0.4, 0.5) is 4.39 Å². The zero-order valence-electron chi connectivity index (χ0n) is 15.8. The maximum absolute atomic E-state index is 13.8. The van der Waals surface area contributed by atoms with Crippen LogP contribution in [-0.4, -0.2) is 44.1 Å². The van der Waals surface area contributed by atoms with Crippen molar-refractivity contribution < 1.29 is 4.39 Å². The van der Waals surface area contributed by atoms with Crippen LogP contribution in [0.3, 0.4) is 0 Å². The molecule has 0 aliphatic carbocycles. The van der Waals surface area contributed by atoms with Gasteiger partial charge in [0.2, 0.25) is 0 Å². The predicted molar refractivity (Wildman–Crippen MR) is 114 cm³/mol. The van der Waals surface area contributed by atoms with Crippen molar-refractivity contribution in [3.63, 3.8) is 0 Å². The van der Waals surface area contributed by atoms with E-state index in [0.29, 0.717) is 11.5 Å². The molecule has 1 aliphatic heterocycles. The summed E-state index contributed by atoms with van der Waals surface area (Å²) in [7, 11) is 2.17. The summed E-state index contributed by atoms with van der Waals surface area (Å²) >= 11 is 0. The number of rotatable bonds is 5. The second-order valence-electron chi connectivity index (χ2n) is 6.86. The number of piperidine rings is 1. The molecule has 2 unspecified atom stereocenters.